The topological polar surface area (TPSA) is 140 Å². The maximum Gasteiger partial charge on any atom is 0.309 e. The Labute approximate surface area is 249 Å². The molecule has 216 valence electrons. The summed E-state index contributed by atoms with van der Waals surface area (Å²) in [5, 5.41) is 21.8. The molecule has 1 atom stereocenters. The third-order valence-electron chi connectivity index (χ3n) is 6.67. The quantitative estimate of drug-likeness (QED) is 0.125. The summed E-state index contributed by atoms with van der Waals surface area (Å²) in [6.07, 6.45) is 3.20. The van der Waals surface area contributed by atoms with Crippen molar-refractivity contribution in [1.29, 1.82) is 5.26 Å². The smallest absolute Gasteiger partial charge is 0.309 e. The maximum absolute atomic E-state index is 13.2. The van der Waals surface area contributed by atoms with E-state index >= 15 is 0 Å². The van der Waals surface area contributed by atoms with Crippen LogP contribution in [0.5, 0.6) is 0 Å². The zero-order chi connectivity index (χ0) is 30.6. The number of benzene rings is 4. The number of nitriles is 1. The molecule has 0 aromatic heterocycles. The molecule has 4 N–H and O–H groups in total. The Morgan fingerprint density at radius 1 is 0.860 bits per heavy atom. The lowest BCUT2D eigenvalue weighted by atomic mass is 9.99. The fourth-order valence-corrected chi connectivity index (χ4v) is 4.52. The predicted octanol–water partition coefficient (Wildman–Crippen LogP) is 4.52. The van der Waals surface area contributed by atoms with Crippen molar-refractivity contribution in [2.45, 2.75) is 25.9 Å². The number of amides is 4. The van der Waals surface area contributed by atoms with Crippen LogP contribution in [0, 0.1) is 11.3 Å². The largest absolute Gasteiger partial charge is 0.348 e. The van der Waals surface area contributed by atoms with Crippen molar-refractivity contribution in [2.75, 3.05) is 11.9 Å². The number of hydrogen-bond acceptors (Lipinski definition) is 5. The van der Waals surface area contributed by atoms with Crippen molar-refractivity contribution in [3.63, 3.8) is 0 Å². The van der Waals surface area contributed by atoms with Crippen LogP contribution in [0.2, 0.25) is 0 Å². The van der Waals surface area contributed by atoms with Gasteiger partial charge in [0, 0.05) is 24.3 Å². The summed E-state index contributed by atoms with van der Waals surface area (Å²) in [4.78, 5) is 49.9. The van der Waals surface area contributed by atoms with E-state index in [1.54, 1.807) is 54.6 Å². The van der Waals surface area contributed by atoms with Gasteiger partial charge in [0.1, 0.15) is 0 Å². The molecule has 43 heavy (non-hydrogen) atoms. The summed E-state index contributed by atoms with van der Waals surface area (Å²) in [5.74, 6) is -2.33. The first kappa shape index (κ1) is 30.2. The summed E-state index contributed by atoms with van der Waals surface area (Å²) in [6, 6.07) is 29.1. The Balaban J connectivity index is 1.24. The normalized spacial score (nSPS) is 11.3. The second-order valence-electron chi connectivity index (χ2n) is 9.73. The zero-order valence-electron chi connectivity index (χ0n) is 23.6. The highest BCUT2D eigenvalue weighted by molar-refractivity contribution is 6.35. The van der Waals surface area contributed by atoms with Gasteiger partial charge in [-0.25, -0.2) is 0 Å². The highest BCUT2D eigenvalue weighted by atomic mass is 16.2. The average molecular weight is 574 g/mol. The zero-order valence-corrected chi connectivity index (χ0v) is 23.6. The van der Waals surface area contributed by atoms with Gasteiger partial charge in [-0.05, 0) is 65.6 Å². The molecule has 0 radical (unpaired) electrons. The molecule has 4 amide bonds. The van der Waals surface area contributed by atoms with E-state index in [-0.39, 0.29) is 30.9 Å². The lowest BCUT2D eigenvalue weighted by molar-refractivity contribution is -0.139. The van der Waals surface area contributed by atoms with Crippen molar-refractivity contribution in [3.8, 4) is 6.07 Å². The summed E-state index contributed by atoms with van der Waals surface area (Å²) in [6.45, 7) is 2.06. The van der Waals surface area contributed by atoms with Gasteiger partial charge < -0.3 is 21.3 Å². The molecule has 4 rings (SSSR count). The molecule has 0 aliphatic carbocycles. The molecule has 9 nitrogen and oxygen atoms in total. The van der Waals surface area contributed by atoms with E-state index in [1.165, 1.54) is 6.08 Å². The van der Waals surface area contributed by atoms with Crippen molar-refractivity contribution >= 4 is 40.1 Å². The van der Waals surface area contributed by atoms with Gasteiger partial charge in [-0.1, -0.05) is 72.8 Å². The van der Waals surface area contributed by atoms with Gasteiger partial charge in [-0.15, -0.1) is 0 Å². The summed E-state index contributed by atoms with van der Waals surface area (Å²) in [5.41, 5.74) is 2.89. The first-order valence-corrected chi connectivity index (χ1v) is 13.8. The van der Waals surface area contributed by atoms with Gasteiger partial charge in [0.15, 0.2) is 0 Å². The van der Waals surface area contributed by atoms with Crippen LogP contribution in [-0.2, 0) is 20.9 Å². The Morgan fingerprint density at radius 2 is 1.58 bits per heavy atom. The maximum atomic E-state index is 13.2. The van der Waals surface area contributed by atoms with Crippen LogP contribution in [0.15, 0.2) is 103 Å². The molecule has 4 aromatic carbocycles. The fraction of sp³-hybridized carbons (Fsp3) is 0.147. The fourth-order valence-electron chi connectivity index (χ4n) is 4.52. The van der Waals surface area contributed by atoms with Gasteiger partial charge in [-0.2, -0.15) is 5.26 Å². The van der Waals surface area contributed by atoms with Gasteiger partial charge in [0.05, 0.1) is 17.7 Å². The average Bonchev–Trinajstić information content (AvgIpc) is 3.03. The van der Waals surface area contributed by atoms with E-state index in [1.807, 2.05) is 55.5 Å². The highest BCUT2D eigenvalue weighted by Gasteiger charge is 2.18. The minimum Gasteiger partial charge on any atom is -0.348 e. The molecule has 0 aliphatic heterocycles. The van der Waals surface area contributed by atoms with E-state index in [2.05, 4.69) is 21.3 Å². The SMILES string of the molecule is C[C@@H](NC(=O)c1ccccc1CNC(=O)C(=O)NCC/C=C/C(=O)Nc1cccc(C#N)c1)c1cccc2ccccc12. The second-order valence-corrected chi connectivity index (χ2v) is 9.73. The molecule has 0 saturated heterocycles. The number of fused-ring (bicyclic) bond motifs is 1. The molecular weight excluding hydrogens is 542 g/mol. The minimum atomic E-state index is -0.835. The van der Waals surface area contributed by atoms with Crippen LogP contribution in [0.3, 0.4) is 0 Å². The van der Waals surface area contributed by atoms with Crippen molar-refractivity contribution in [1.82, 2.24) is 16.0 Å². The Kier molecular flexibility index (Phi) is 10.4. The van der Waals surface area contributed by atoms with E-state index in [9.17, 15) is 19.2 Å². The summed E-state index contributed by atoms with van der Waals surface area (Å²) in [7, 11) is 0. The van der Waals surface area contributed by atoms with Gasteiger partial charge in [-0.3, -0.25) is 19.2 Å². The van der Waals surface area contributed by atoms with Crippen LogP contribution in [0.25, 0.3) is 10.8 Å². The predicted molar refractivity (Wildman–Crippen MR) is 165 cm³/mol. The number of hydrogen-bond donors (Lipinski definition) is 4. The lowest BCUT2D eigenvalue weighted by Crippen LogP contribution is -2.40. The van der Waals surface area contributed by atoms with Crippen LogP contribution >= 0.6 is 0 Å². The molecule has 9 heteroatoms. The van der Waals surface area contributed by atoms with Gasteiger partial charge in [0.2, 0.25) is 5.91 Å². The highest BCUT2D eigenvalue weighted by Crippen LogP contribution is 2.24. The Morgan fingerprint density at radius 3 is 2.42 bits per heavy atom. The molecule has 0 spiro atoms. The number of rotatable bonds is 10. The Bertz CT molecular complexity index is 1720. The van der Waals surface area contributed by atoms with Crippen molar-refractivity contribution in [2.24, 2.45) is 0 Å². The summed E-state index contributed by atoms with van der Waals surface area (Å²) < 4.78 is 0. The van der Waals surface area contributed by atoms with E-state index < -0.39 is 11.8 Å². The van der Waals surface area contributed by atoms with Crippen molar-refractivity contribution < 1.29 is 19.2 Å². The molecule has 0 aliphatic rings. The molecule has 0 saturated carbocycles. The van der Waals surface area contributed by atoms with Gasteiger partial charge in [0.25, 0.3) is 5.91 Å². The standard InChI is InChI=1S/C34H31N5O4/c1-23(28-17-9-13-25-11-2-4-15-29(25)28)38-32(41)30-16-5-3-12-26(30)22-37-34(43)33(42)36-19-7-6-18-31(40)39-27-14-8-10-24(20-27)21-35/h2-6,8-18,20,23H,7,19,22H2,1H3,(H,36,42)(H,37,43)(H,38,41)(H,39,40)/b18-6+/t23-/m1/s1. The lowest BCUT2D eigenvalue weighted by Gasteiger charge is -2.18. The first-order valence-electron chi connectivity index (χ1n) is 13.8. The molecule has 4 aromatic rings. The van der Waals surface area contributed by atoms with Crippen LogP contribution in [-0.4, -0.2) is 30.2 Å². The summed E-state index contributed by atoms with van der Waals surface area (Å²) >= 11 is 0. The number of anilines is 1. The van der Waals surface area contributed by atoms with E-state index in [4.69, 9.17) is 5.26 Å². The van der Waals surface area contributed by atoms with Crippen LogP contribution in [0.1, 0.15) is 46.4 Å². The third kappa shape index (κ3) is 8.38. The van der Waals surface area contributed by atoms with Crippen molar-refractivity contribution in [3.05, 3.63) is 125 Å². The van der Waals surface area contributed by atoms with Crippen LogP contribution < -0.4 is 21.3 Å². The molecule has 0 unspecified atom stereocenters. The molecule has 0 heterocycles. The molecular formula is C34H31N5O4. The van der Waals surface area contributed by atoms with E-state index in [0.29, 0.717) is 28.8 Å². The monoisotopic (exact) mass is 573 g/mol. The van der Waals surface area contributed by atoms with E-state index in [0.717, 1.165) is 16.3 Å². The second kappa shape index (κ2) is 14.8. The number of carbonyl (C=O) groups is 4. The molecule has 0 fully saturated rings. The van der Waals surface area contributed by atoms with Gasteiger partial charge >= 0.3 is 11.8 Å². The van der Waals surface area contributed by atoms with Crippen LogP contribution in [0.4, 0.5) is 5.69 Å². The number of nitrogens with one attached hydrogen (secondary N) is 4. The first-order chi connectivity index (χ1) is 20.9. The minimum absolute atomic E-state index is 0.00836. The molecule has 0 bridgehead atoms. The number of carbonyl (C=O) groups excluding carboxylic acids is 4. The number of nitrogens with zero attached hydrogens (tertiary/aromatic N) is 1. The Hall–Kier alpha value is -5.75. The third-order valence-corrected chi connectivity index (χ3v) is 6.67.